The molecule has 188 valence electrons. The maximum absolute atomic E-state index is 12.9. The predicted octanol–water partition coefficient (Wildman–Crippen LogP) is 1.63. The number of amides is 2. The molecule has 0 spiro atoms. The van der Waals surface area contributed by atoms with Crippen molar-refractivity contribution in [1.82, 2.24) is 10.2 Å². The number of nitro groups is 1. The summed E-state index contributed by atoms with van der Waals surface area (Å²) in [6.07, 6.45) is 1.69. The van der Waals surface area contributed by atoms with E-state index >= 15 is 0 Å². The Balaban J connectivity index is 1.71. The molecule has 1 fully saturated rings. The number of hydrogen-bond donors (Lipinski definition) is 2. The maximum atomic E-state index is 12.9. The van der Waals surface area contributed by atoms with Gasteiger partial charge >= 0.3 is 16.4 Å². The first-order chi connectivity index (χ1) is 16.5. The van der Waals surface area contributed by atoms with Gasteiger partial charge in [-0.05, 0) is 29.5 Å². The minimum absolute atomic E-state index is 0.0184. The molecular formula is C20H21N3O10S2. The van der Waals surface area contributed by atoms with E-state index in [9.17, 15) is 32.9 Å². The first kappa shape index (κ1) is 26.3. The summed E-state index contributed by atoms with van der Waals surface area (Å²) in [5, 5.41) is 14.8. The van der Waals surface area contributed by atoms with Gasteiger partial charge in [0, 0.05) is 36.6 Å². The molecule has 2 aliphatic rings. The topological polar surface area (TPSA) is 182 Å². The Bertz CT molecular complexity index is 1190. The molecular weight excluding hydrogens is 506 g/mol. The Morgan fingerprint density at radius 3 is 2.63 bits per heavy atom. The molecule has 0 saturated carbocycles. The lowest BCUT2D eigenvalue weighted by molar-refractivity contribution is -0.384. The largest absolute Gasteiger partial charge is 0.456 e. The normalized spacial score (nSPS) is 19.5. The van der Waals surface area contributed by atoms with Crippen LogP contribution in [-0.2, 0) is 40.3 Å². The van der Waals surface area contributed by atoms with E-state index in [0.717, 1.165) is 11.8 Å². The van der Waals surface area contributed by atoms with Gasteiger partial charge in [0.1, 0.15) is 12.3 Å². The second-order valence-electron chi connectivity index (χ2n) is 7.52. The Morgan fingerprint density at radius 2 is 2.03 bits per heavy atom. The van der Waals surface area contributed by atoms with Gasteiger partial charge in [0.2, 0.25) is 11.8 Å². The average molecular weight is 528 g/mol. The van der Waals surface area contributed by atoms with E-state index in [1.165, 1.54) is 47.7 Å². The van der Waals surface area contributed by atoms with Crippen LogP contribution >= 0.6 is 11.8 Å². The van der Waals surface area contributed by atoms with Crippen molar-refractivity contribution in [1.29, 1.82) is 0 Å². The lowest BCUT2D eigenvalue weighted by Crippen LogP contribution is -2.58. The molecule has 35 heavy (non-hydrogen) atoms. The SMILES string of the molecule is CC(=O)N/C=C/SC1=C(C(=O)OCc2ccc([N+](=O)[O-])cc2)N2C(=O)[C@H](CCOS(=O)(=O)O)[C@H]2C1. The number of ether oxygens (including phenoxy) is 1. The molecule has 3 rings (SSSR count). The van der Waals surface area contributed by atoms with Crippen LogP contribution in [-0.4, -0.2) is 53.2 Å². The zero-order chi connectivity index (χ0) is 25.8. The molecule has 2 heterocycles. The van der Waals surface area contributed by atoms with Crippen LogP contribution in [0, 0.1) is 16.0 Å². The van der Waals surface area contributed by atoms with Crippen LogP contribution in [0.1, 0.15) is 25.3 Å². The highest BCUT2D eigenvalue weighted by Crippen LogP contribution is 2.47. The number of carbonyl (C=O) groups excluding carboxylic acids is 3. The Morgan fingerprint density at radius 1 is 1.34 bits per heavy atom. The second kappa shape index (κ2) is 11.0. The predicted molar refractivity (Wildman–Crippen MR) is 121 cm³/mol. The van der Waals surface area contributed by atoms with Crippen LogP contribution in [0.15, 0.2) is 46.5 Å². The number of nitrogens with zero attached hydrogens (tertiary/aromatic N) is 2. The summed E-state index contributed by atoms with van der Waals surface area (Å²) in [5.74, 6) is -2.10. The highest BCUT2D eigenvalue weighted by atomic mass is 32.3. The molecule has 1 aromatic rings. The fourth-order valence-corrected chi connectivity index (χ4v) is 4.81. The molecule has 2 atom stereocenters. The van der Waals surface area contributed by atoms with Crippen molar-refractivity contribution in [3.05, 3.63) is 62.2 Å². The van der Waals surface area contributed by atoms with E-state index in [1.54, 1.807) is 0 Å². The van der Waals surface area contributed by atoms with Crippen LogP contribution in [0.4, 0.5) is 5.69 Å². The molecule has 2 amide bonds. The van der Waals surface area contributed by atoms with Crippen LogP contribution in [0.3, 0.4) is 0 Å². The molecule has 15 heteroatoms. The van der Waals surface area contributed by atoms with Gasteiger partial charge < -0.3 is 15.0 Å². The van der Waals surface area contributed by atoms with E-state index in [4.69, 9.17) is 9.29 Å². The molecule has 1 aromatic carbocycles. The summed E-state index contributed by atoms with van der Waals surface area (Å²) in [4.78, 5) is 48.7. The van der Waals surface area contributed by atoms with Gasteiger partial charge in [-0.1, -0.05) is 11.8 Å². The number of thioether (sulfide) groups is 1. The third-order valence-corrected chi connectivity index (χ3v) is 6.57. The van der Waals surface area contributed by atoms with Crippen molar-refractivity contribution in [2.24, 2.45) is 5.92 Å². The van der Waals surface area contributed by atoms with E-state index in [0.29, 0.717) is 16.9 Å². The summed E-state index contributed by atoms with van der Waals surface area (Å²) in [5.41, 5.74) is 0.432. The van der Waals surface area contributed by atoms with Crippen molar-refractivity contribution >= 4 is 45.6 Å². The highest BCUT2D eigenvalue weighted by Gasteiger charge is 2.55. The number of rotatable bonds is 11. The average Bonchev–Trinajstić information content (AvgIpc) is 3.12. The Labute approximate surface area is 204 Å². The van der Waals surface area contributed by atoms with Gasteiger partial charge in [-0.15, -0.1) is 0 Å². The van der Waals surface area contributed by atoms with Gasteiger partial charge in [-0.2, -0.15) is 8.42 Å². The molecule has 13 nitrogen and oxygen atoms in total. The standard InChI is InChI=1S/C20H21N3O10S2/c1-12(24)21-7-9-34-17-10-16-15(6-8-33-35(29,30)31)19(25)22(16)18(17)20(26)32-11-13-2-4-14(5-3-13)23(27)28/h2-5,7,9,15-16H,6,8,10-11H2,1H3,(H,21,24)(H,29,30,31)/b9-7+/t15-,16-/m1/s1. The first-order valence-corrected chi connectivity index (χ1v) is 12.4. The van der Waals surface area contributed by atoms with Gasteiger partial charge in [0.05, 0.1) is 23.5 Å². The van der Waals surface area contributed by atoms with Gasteiger partial charge in [0.25, 0.3) is 5.69 Å². The number of carbonyl (C=O) groups is 3. The van der Waals surface area contributed by atoms with Crippen LogP contribution < -0.4 is 5.32 Å². The van der Waals surface area contributed by atoms with Crippen molar-refractivity contribution in [2.45, 2.75) is 32.4 Å². The lowest BCUT2D eigenvalue weighted by Gasteiger charge is -2.43. The van der Waals surface area contributed by atoms with E-state index in [1.807, 2.05) is 0 Å². The number of fused-ring (bicyclic) bond motifs is 1. The number of nitro benzene ring substituents is 1. The van der Waals surface area contributed by atoms with Gasteiger partial charge in [-0.25, -0.2) is 8.98 Å². The van der Waals surface area contributed by atoms with Crippen molar-refractivity contribution < 1.29 is 41.2 Å². The summed E-state index contributed by atoms with van der Waals surface area (Å²) < 4.78 is 39.8. The third kappa shape index (κ3) is 6.66. The zero-order valence-corrected chi connectivity index (χ0v) is 19.9. The van der Waals surface area contributed by atoms with Crippen molar-refractivity contribution in [2.75, 3.05) is 6.61 Å². The summed E-state index contributed by atoms with van der Waals surface area (Å²) in [7, 11) is -4.64. The maximum Gasteiger partial charge on any atom is 0.397 e. The first-order valence-electron chi connectivity index (χ1n) is 10.1. The summed E-state index contributed by atoms with van der Waals surface area (Å²) in [6.45, 7) is 0.747. The highest BCUT2D eigenvalue weighted by molar-refractivity contribution is 8.05. The number of non-ortho nitro benzene ring substituents is 1. The number of nitrogens with one attached hydrogen (secondary N) is 1. The van der Waals surface area contributed by atoms with Crippen molar-refractivity contribution in [3.63, 3.8) is 0 Å². The lowest BCUT2D eigenvalue weighted by atomic mass is 9.85. The Hall–Kier alpha value is -3.27. The van der Waals surface area contributed by atoms with Crippen molar-refractivity contribution in [3.8, 4) is 0 Å². The molecule has 0 aliphatic carbocycles. The van der Waals surface area contributed by atoms with Crippen LogP contribution in [0.2, 0.25) is 0 Å². The second-order valence-corrected chi connectivity index (χ2v) is 9.61. The molecule has 0 radical (unpaired) electrons. The third-order valence-electron chi connectivity index (χ3n) is 5.19. The molecule has 0 unspecified atom stereocenters. The molecule has 2 N–H and O–H groups in total. The van der Waals surface area contributed by atoms with Gasteiger partial charge in [-0.3, -0.25) is 24.3 Å². The minimum Gasteiger partial charge on any atom is -0.456 e. The molecule has 2 aliphatic heterocycles. The zero-order valence-electron chi connectivity index (χ0n) is 18.3. The molecule has 1 saturated heterocycles. The van der Waals surface area contributed by atoms with Crippen LogP contribution in [0.5, 0.6) is 0 Å². The minimum atomic E-state index is -4.64. The van der Waals surface area contributed by atoms with E-state index < -0.39 is 45.8 Å². The summed E-state index contributed by atoms with van der Waals surface area (Å²) >= 11 is 1.12. The number of esters is 1. The monoisotopic (exact) mass is 527 g/mol. The van der Waals surface area contributed by atoms with Gasteiger partial charge in [0.15, 0.2) is 0 Å². The fraction of sp³-hybridized carbons (Fsp3) is 0.350. The Kier molecular flexibility index (Phi) is 8.26. The molecule has 0 bridgehead atoms. The van der Waals surface area contributed by atoms with E-state index in [-0.39, 0.29) is 30.3 Å². The molecule has 0 aromatic heterocycles. The quantitative estimate of drug-likeness (QED) is 0.140. The number of hydrogen-bond acceptors (Lipinski definition) is 10. The van der Waals surface area contributed by atoms with E-state index in [2.05, 4.69) is 9.50 Å². The number of β-lactam (4-membered cyclic amide) rings is 1. The fourth-order valence-electron chi connectivity index (χ4n) is 3.65. The smallest absolute Gasteiger partial charge is 0.397 e. The number of benzene rings is 1. The summed E-state index contributed by atoms with van der Waals surface area (Å²) in [6, 6.07) is 5.03. The van der Waals surface area contributed by atoms with Crippen LogP contribution in [0.25, 0.3) is 0 Å².